The zero-order chi connectivity index (χ0) is 21.7. The summed E-state index contributed by atoms with van der Waals surface area (Å²) in [5, 5.41) is 0. The number of hydrogen-bond acceptors (Lipinski definition) is 3. The molecule has 0 spiro atoms. The van der Waals surface area contributed by atoms with Crippen LogP contribution in [0.25, 0.3) is 0 Å². The van der Waals surface area contributed by atoms with E-state index < -0.39 is 6.11 Å². The Balaban J connectivity index is 1.32. The van der Waals surface area contributed by atoms with Crippen molar-refractivity contribution < 1.29 is 23.0 Å². The molecule has 1 aliphatic carbocycles. The Morgan fingerprint density at radius 2 is 1.55 bits per heavy atom. The molecule has 0 atom stereocenters. The fourth-order valence-electron chi connectivity index (χ4n) is 4.67. The van der Waals surface area contributed by atoms with Gasteiger partial charge in [0.15, 0.2) is 6.29 Å². The van der Waals surface area contributed by atoms with Gasteiger partial charge in [0.25, 0.3) is 0 Å². The standard InChI is InChI=1S/C26H32F2O3/c1-2-4-19-5-13-23(14-6-19)26(27,28)31-24-15-11-21(12-16-24)20-7-9-22(10-8-20)25-29-17-3-18-30-25/h5-6,11-16,20,22,25H,2-4,7-10,17-18H2,1H3. The maximum Gasteiger partial charge on any atom is 0.426 e. The first-order valence-corrected chi connectivity index (χ1v) is 11.5. The molecule has 168 valence electrons. The molecule has 2 aromatic rings. The SMILES string of the molecule is CCCc1ccc(C(F)(F)Oc2ccc(C3CCC(C4OCCCO4)CC3)cc2)cc1. The summed E-state index contributed by atoms with van der Waals surface area (Å²) < 4.78 is 45.8. The van der Waals surface area contributed by atoms with Crippen LogP contribution in [0.15, 0.2) is 48.5 Å². The molecule has 0 N–H and O–H groups in total. The van der Waals surface area contributed by atoms with E-state index in [2.05, 4.69) is 6.92 Å². The Morgan fingerprint density at radius 1 is 0.903 bits per heavy atom. The predicted molar refractivity (Wildman–Crippen MR) is 116 cm³/mol. The van der Waals surface area contributed by atoms with Crippen molar-refractivity contribution in [2.24, 2.45) is 5.92 Å². The van der Waals surface area contributed by atoms with E-state index in [1.807, 2.05) is 12.1 Å². The molecule has 3 nitrogen and oxygen atoms in total. The molecule has 0 radical (unpaired) electrons. The van der Waals surface area contributed by atoms with E-state index in [9.17, 15) is 8.78 Å². The average molecular weight is 431 g/mol. The van der Waals surface area contributed by atoms with E-state index in [4.69, 9.17) is 14.2 Å². The van der Waals surface area contributed by atoms with Gasteiger partial charge in [0.05, 0.1) is 18.8 Å². The Kier molecular flexibility index (Phi) is 7.24. The molecule has 0 amide bonds. The van der Waals surface area contributed by atoms with Crippen molar-refractivity contribution in [2.75, 3.05) is 13.2 Å². The van der Waals surface area contributed by atoms with E-state index in [1.54, 1.807) is 24.3 Å². The van der Waals surface area contributed by atoms with Gasteiger partial charge in [-0.1, -0.05) is 37.6 Å². The van der Waals surface area contributed by atoms with Crippen LogP contribution in [-0.2, 0) is 22.0 Å². The van der Waals surface area contributed by atoms with E-state index in [1.165, 1.54) is 17.7 Å². The van der Waals surface area contributed by atoms with Gasteiger partial charge in [0.1, 0.15) is 5.75 Å². The fourth-order valence-corrected chi connectivity index (χ4v) is 4.67. The second kappa shape index (κ2) is 10.1. The minimum absolute atomic E-state index is 0.0521. The van der Waals surface area contributed by atoms with Gasteiger partial charge in [0.2, 0.25) is 0 Å². The van der Waals surface area contributed by atoms with Crippen LogP contribution in [0.5, 0.6) is 5.75 Å². The highest BCUT2D eigenvalue weighted by Gasteiger charge is 2.35. The Labute approximate surface area is 183 Å². The van der Waals surface area contributed by atoms with Gasteiger partial charge in [-0.05, 0) is 79.8 Å². The van der Waals surface area contributed by atoms with Gasteiger partial charge in [-0.15, -0.1) is 0 Å². The largest absolute Gasteiger partial charge is 0.429 e. The van der Waals surface area contributed by atoms with E-state index in [0.717, 1.165) is 63.7 Å². The Hall–Kier alpha value is -1.98. The van der Waals surface area contributed by atoms with Gasteiger partial charge >= 0.3 is 6.11 Å². The first-order valence-electron chi connectivity index (χ1n) is 11.5. The molecule has 0 aromatic heterocycles. The summed E-state index contributed by atoms with van der Waals surface area (Å²) in [6, 6.07) is 13.6. The maximum atomic E-state index is 14.6. The van der Waals surface area contributed by atoms with Crippen molar-refractivity contribution >= 4 is 0 Å². The van der Waals surface area contributed by atoms with Crippen molar-refractivity contribution in [3.05, 3.63) is 65.2 Å². The lowest BCUT2D eigenvalue weighted by molar-refractivity contribution is -0.209. The smallest absolute Gasteiger partial charge is 0.426 e. The monoisotopic (exact) mass is 430 g/mol. The number of hydrogen-bond donors (Lipinski definition) is 0. The third-order valence-corrected chi connectivity index (χ3v) is 6.44. The number of rotatable bonds is 7. The minimum atomic E-state index is -3.36. The van der Waals surface area contributed by atoms with E-state index in [0.29, 0.717) is 11.8 Å². The van der Waals surface area contributed by atoms with Crippen LogP contribution in [0, 0.1) is 5.92 Å². The Morgan fingerprint density at radius 3 is 2.16 bits per heavy atom. The Bertz CT molecular complexity index is 806. The van der Waals surface area contributed by atoms with Crippen LogP contribution in [0.3, 0.4) is 0 Å². The molecule has 0 unspecified atom stereocenters. The number of alkyl halides is 2. The summed E-state index contributed by atoms with van der Waals surface area (Å²) in [6.45, 7) is 3.65. The summed E-state index contributed by atoms with van der Waals surface area (Å²) >= 11 is 0. The van der Waals surface area contributed by atoms with Crippen molar-refractivity contribution in [3.63, 3.8) is 0 Å². The normalized spacial score (nSPS) is 22.9. The van der Waals surface area contributed by atoms with Crippen molar-refractivity contribution in [1.29, 1.82) is 0 Å². The van der Waals surface area contributed by atoms with Gasteiger partial charge in [-0.25, -0.2) is 0 Å². The van der Waals surface area contributed by atoms with Gasteiger partial charge in [-0.3, -0.25) is 0 Å². The van der Waals surface area contributed by atoms with Crippen molar-refractivity contribution in [1.82, 2.24) is 0 Å². The molecule has 4 rings (SSSR count). The lowest BCUT2D eigenvalue weighted by Gasteiger charge is -2.35. The van der Waals surface area contributed by atoms with Crippen LogP contribution in [0.2, 0.25) is 0 Å². The first kappa shape index (κ1) is 22.2. The third kappa shape index (κ3) is 5.64. The zero-order valence-corrected chi connectivity index (χ0v) is 18.2. The summed E-state index contributed by atoms with van der Waals surface area (Å²) in [7, 11) is 0. The number of aryl methyl sites for hydroxylation is 1. The van der Waals surface area contributed by atoms with Crippen LogP contribution in [0.1, 0.15) is 68.1 Å². The molecule has 1 heterocycles. The molecule has 2 aromatic carbocycles. The molecule has 5 heteroatoms. The molecule has 2 aliphatic rings. The van der Waals surface area contributed by atoms with Gasteiger partial charge in [0, 0.05) is 5.92 Å². The topological polar surface area (TPSA) is 27.7 Å². The summed E-state index contributed by atoms with van der Waals surface area (Å²) in [6.07, 6.45) is 3.71. The number of benzene rings is 2. The molecule has 1 saturated heterocycles. The predicted octanol–water partition coefficient (Wildman–Crippen LogP) is 6.80. The van der Waals surface area contributed by atoms with Crippen LogP contribution in [-0.4, -0.2) is 19.5 Å². The molecule has 31 heavy (non-hydrogen) atoms. The summed E-state index contributed by atoms with van der Waals surface area (Å²) in [5.74, 6) is 1.09. The van der Waals surface area contributed by atoms with Gasteiger partial charge in [-0.2, -0.15) is 8.78 Å². The second-order valence-corrected chi connectivity index (χ2v) is 8.71. The lowest BCUT2D eigenvalue weighted by Crippen LogP contribution is -2.34. The lowest BCUT2D eigenvalue weighted by atomic mass is 9.78. The first-order chi connectivity index (χ1) is 15.0. The maximum absolute atomic E-state index is 14.6. The van der Waals surface area contributed by atoms with E-state index >= 15 is 0 Å². The fraction of sp³-hybridized carbons (Fsp3) is 0.538. The van der Waals surface area contributed by atoms with Gasteiger partial charge < -0.3 is 14.2 Å². The summed E-state index contributed by atoms with van der Waals surface area (Å²) in [5.41, 5.74) is 2.12. The molecule has 2 fully saturated rings. The third-order valence-electron chi connectivity index (χ3n) is 6.44. The van der Waals surface area contributed by atoms with Crippen LogP contribution in [0.4, 0.5) is 8.78 Å². The highest BCUT2D eigenvalue weighted by Crippen LogP contribution is 2.39. The highest BCUT2D eigenvalue weighted by atomic mass is 19.3. The van der Waals surface area contributed by atoms with Crippen LogP contribution < -0.4 is 4.74 Å². The molecular formula is C26H32F2O3. The van der Waals surface area contributed by atoms with Crippen molar-refractivity contribution in [3.8, 4) is 5.75 Å². The number of ether oxygens (including phenoxy) is 3. The minimum Gasteiger partial charge on any atom is -0.429 e. The molecular weight excluding hydrogens is 398 g/mol. The molecule has 1 saturated carbocycles. The highest BCUT2D eigenvalue weighted by molar-refractivity contribution is 5.31. The average Bonchev–Trinajstić information content (AvgIpc) is 2.81. The zero-order valence-electron chi connectivity index (χ0n) is 18.2. The van der Waals surface area contributed by atoms with Crippen molar-refractivity contribution in [2.45, 2.75) is 70.2 Å². The van der Waals surface area contributed by atoms with E-state index in [-0.39, 0.29) is 17.6 Å². The molecule has 1 aliphatic heterocycles. The quantitative estimate of drug-likeness (QED) is 0.483. The van der Waals surface area contributed by atoms with Crippen LogP contribution >= 0.6 is 0 Å². The number of halogens is 2. The molecule has 0 bridgehead atoms. The second-order valence-electron chi connectivity index (χ2n) is 8.71. The summed E-state index contributed by atoms with van der Waals surface area (Å²) in [4.78, 5) is 0.